The molecule has 1 heterocycles. The molecule has 3 unspecified atom stereocenters. The lowest BCUT2D eigenvalue weighted by atomic mass is 9.71. The molecule has 0 spiro atoms. The molecule has 0 aromatic carbocycles. The maximum Gasteiger partial charge on any atom is 0.0635 e. The smallest absolute Gasteiger partial charge is 0.0635 e. The largest absolute Gasteiger partial charge is 0.314 e. The zero-order chi connectivity index (χ0) is 14.8. The summed E-state index contributed by atoms with van der Waals surface area (Å²) in [5.74, 6) is 2.32. The van der Waals surface area contributed by atoms with Crippen LogP contribution >= 0.6 is 15.9 Å². The van der Waals surface area contributed by atoms with E-state index in [9.17, 15) is 0 Å². The first-order valence-electron chi connectivity index (χ1n) is 8.67. The van der Waals surface area contributed by atoms with Gasteiger partial charge in [0, 0.05) is 18.5 Å². The summed E-state index contributed by atoms with van der Waals surface area (Å²) >= 11 is 3.75. The van der Waals surface area contributed by atoms with E-state index in [0.717, 1.165) is 24.4 Å². The van der Waals surface area contributed by atoms with Gasteiger partial charge in [-0.25, -0.2) is 0 Å². The second kappa shape index (κ2) is 6.82. The van der Waals surface area contributed by atoms with Crippen molar-refractivity contribution in [2.24, 2.45) is 11.8 Å². The third-order valence-corrected chi connectivity index (χ3v) is 6.02. The first-order valence-corrected chi connectivity index (χ1v) is 9.46. The second-order valence-corrected chi connectivity index (χ2v) is 7.68. The van der Waals surface area contributed by atoms with Gasteiger partial charge in [-0.2, -0.15) is 5.10 Å². The summed E-state index contributed by atoms with van der Waals surface area (Å²) in [6.45, 7) is 6.70. The van der Waals surface area contributed by atoms with E-state index in [1.54, 1.807) is 0 Å². The van der Waals surface area contributed by atoms with Crippen LogP contribution < -0.4 is 5.32 Å². The minimum atomic E-state index is 0.659. The van der Waals surface area contributed by atoms with Gasteiger partial charge < -0.3 is 5.32 Å². The van der Waals surface area contributed by atoms with Gasteiger partial charge in [-0.3, -0.25) is 4.68 Å². The van der Waals surface area contributed by atoms with Gasteiger partial charge in [0.25, 0.3) is 0 Å². The van der Waals surface area contributed by atoms with Crippen LogP contribution in [0.25, 0.3) is 0 Å². The predicted molar refractivity (Wildman–Crippen MR) is 90.5 cm³/mol. The van der Waals surface area contributed by atoms with Crippen LogP contribution in [0.1, 0.15) is 64.0 Å². The van der Waals surface area contributed by atoms with E-state index in [0.29, 0.717) is 5.92 Å². The van der Waals surface area contributed by atoms with E-state index in [-0.39, 0.29) is 0 Å². The van der Waals surface area contributed by atoms with E-state index in [1.165, 1.54) is 55.2 Å². The van der Waals surface area contributed by atoms with Crippen LogP contribution in [0.15, 0.2) is 10.7 Å². The highest BCUT2D eigenvalue weighted by Crippen LogP contribution is 2.43. The Hall–Kier alpha value is -0.350. The van der Waals surface area contributed by atoms with Crippen LogP contribution in [0.4, 0.5) is 0 Å². The van der Waals surface area contributed by atoms with Crippen molar-refractivity contribution < 1.29 is 0 Å². The minimum absolute atomic E-state index is 0.659. The van der Waals surface area contributed by atoms with Crippen molar-refractivity contribution in [3.05, 3.63) is 16.4 Å². The molecule has 21 heavy (non-hydrogen) atoms. The number of aromatic nitrogens is 2. The van der Waals surface area contributed by atoms with Crippen molar-refractivity contribution in [2.75, 3.05) is 6.54 Å². The first-order chi connectivity index (χ1) is 10.2. The zero-order valence-electron chi connectivity index (χ0n) is 13.3. The van der Waals surface area contributed by atoms with Crippen molar-refractivity contribution in [2.45, 2.75) is 70.9 Å². The lowest BCUT2D eigenvalue weighted by Gasteiger charge is -2.36. The van der Waals surface area contributed by atoms with Crippen molar-refractivity contribution in [1.29, 1.82) is 0 Å². The van der Waals surface area contributed by atoms with Crippen molar-refractivity contribution in [3.8, 4) is 0 Å². The number of hydrogen-bond donors (Lipinski definition) is 1. The normalized spacial score (nSPS) is 29.8. The maximum atomic E-state index is 4.55. The Bertz CT molecular complexity index is 467. The number of halogens is 1. The fraction of sp³-hybridized carbons (Fsp3) is 0.824. The van der Waals surface area contributed by atoms with Gasteiger partial charge >= 0.3 is 0 Å². The van der Waals surface area contributed by atoms with E-state index in [4.69, 9.17) is 0 Å². The summed E-state index contributed by atoms with van der Waals surface area (Å²) in [7, 11) is 0. The molecule has 3 rings (SSSR count). The van der Waals surface area contributed by atoms with Crippen LogP contribution in [-0.4, -0.2) is 22.4 Å². The van der Waals surface area contributed by atoms with Crippen molar-refractivity contribution in [3.63, 3.8) is 0 Å². The van der Waals surface area contributed by atoms with Crippen LogP contribution in [0.2, 0.25) is 0 Å². The minimum Gasteiger partial charge on any atom is -0.314 e. The molecule has 0 bridgehead atoms. The Labute approximate surface area is 137 Å². The fourth-order valence-corrected chi connectivity index (χ4v) is 4.46. The Morgan fingerprint density at radius 1 is 1.29 bits per heavy atom. The molecule has 2 aliphatic carbocycles. The highest BCUT2D eigenvalue weighted by atomic mass is 79.9. The predicted octanol–water partition coefficient (Wildman–Crippen LogP) is 4.33. The Balaban J connectivity index is 1.79. The van der Waals surface area contributed by atoms with Crippen LogP contribution in [0.5, 0.6) is 0 Å². The lowest BCUT2D eigenvalue weighted by molar-refractivity contribution is 0.217. The Morgan fingerprint density at radius 2 is 2.10 bits per heavy atom. The number of nitrogens with one attached hydrogen (secondary N) is 1. The quantitative estimate of drug-likeness (QED) is 0.824. The standard InChI is InChI=1S/C17H28BrN3/c1-3-12-5-6-13(10-19-14-7-8-14)15(9-12)17-16(18)11-20-21(17)4-2/h11-15,19H,3-10H2,1-2H3. The van der Waals surface area contributed by atoms with Gasteiger partial charge in [0.1, 0.15) is 0 Å². The van der Waals surface area contributed by atoms with Crippen molar-refractivity contribution >= 4 is 15.9 Å². The molecule has 0 radical (unpaired) electrons. The van der Waals surface area contributed by atoms with Gasteiger partial charge in [-0.05, 0) is 66.9 Å². The van der Waals surface area contributed by atoms with Crippen LogP contribution in [0, 0.1) is 11.8 Å². The van der Waals surface area contributed by atoms with Gasteiger partial charge in [-0.15, -0.1) is 0 Å². The molecular weight excluding hydrogens is 326 g/mol. The topological polar surface area (TPSA) is 29.9 Å². The fourth-order valence-electron chi connectivity index (χ4n) is 3.87. The van der Waals surface area contributed by atoms with Crippen molar-refractivity contribution in [1.82, 2.24) is 15.1 Å². The molecule has 2 aliphatic rings. The Morgan fingerprint density at radius 3 is 2.76 bits per heavy atom. The molecule has 1 N–H and O–H groups in total. The van der Waals surface area contributed by atoms with E-state index in [1.807, 2.05) is 6.20 Å². The van der Waals surface area contributed by atoms with Gasteiger partial charge in [-0.1, -0.05) is 19.8 Å². The molecule has 0 amide bonds. The highest BCUT2D eigenvalue weighted by Gasteiger charge is 2.35. The molecular formula is C17H28BrN3. The molecule has 2 fully saturated rings. The van der Waals surface area contributed by atoms with Gasteiger partial charge in [0.15, 0.2) is 0 Å². The second-order valence-electron chi connectivity index (χ2n) is 6.83. The average Bonchev–Trinajstić information content (AvgIpc) is 3.26. The molecule has 0 saturated heterocycles. The summed E-state index contributed by atoms with van der Waals surface area (Å²) in [5, 5.41) is 8.31. The summed E-state index contributed by atoms with van der Waals surface area (Å²) in [6.07, 6.45) is 10.2. The number of aryl methyl sites for hydroxylation is 1. The SMILES string of the molecule is CCC1CCC(CNC2CC2)C(c2c(Br)cnn2CC)C1. The maximum absolute atomic E-state index is 4.55. The number of nitrogens with zero attached hydrogens (tertiary/aromatic N) is 2. The molecule has 2 saturated carbocycles. The lowest BCUT2D eigenvalue weighted by Crippen LogP contribution is -2.34. The average molecular weight is 354 g/mol. The molecule has 3 nitrogen and oxygen atoms in total. The molecule has 0 aliphatic heterocycles. The monoisotopic (exact) mass is 353 g/mol. The van der Waals surface area contributed by atoms with E-state index < -0.39 is 0 Å². The molecule has 118 valence electrons. The first kappa shape index (κ1) is 15.5. The Kier molecular flexibility index (Phi) is 5.05. The van der Waals surface area contributed by atoms with Gasteiger partial charge in [0.05, 0.1) is 16.4 Å². The third-order valence-electron chi connectivity index (χ3n) is 5.41. The van der Waals surface area contributed by atoms with Gasteiger partial charge in [0.2, 0.25) is 0 Å². The molecule has 3 atom stereocenters. The summed E-state index contributed by atoms with van der Waals surface area (Å²) < 4.78 is 3.42. The zero-order valence-corrected chi connectivity index (χ0v) is 14.9. The third kappa shape index (κ3) is 3.53. The highest BCUT2D eigenvalue weighted by molar-refractivity contribution is 9.10. The van der Waals surface area contributed by atoms with Crippen LogP contribution in [0.3, 0.4) is 0 Å². The number of hydrogen-bond acceptors (Lipinski definition) is 2. The summed E-state index contributed by atoms with van der Waals surface area (Å²) in [4.78, 5) is 0. The van der Waals surface area contributed by atoms with E-state index in [2.05, 4.69) is 44.9 Å². The van der Waals surface area contributed by atoms with E-state index >= 15 is 0 Å². The molecule has 1 aromatic heterocycles. The van der Waals surface area contributed by atoms with Crippen LogP contribution in [-0.2, 0) is 6.54 Å². The summed E-state index contributed by atoms with van der Waals surface area (Å²) in [6, 6.07) is 0.814. The number of rotatable bonds is 6. The molecule has 1 aromatic rings. The molecule has 4 heteroatoms. The summed E-state index contributed by atoms with van der Waals surface area (Å²) in [5.41, 5.74) is 1.44.